The number of fused-ring (bicyclic) bond motifs is 1. The molecule has 0 aliphatic carbocycles. The molecule has 122 valence electrons. The third-order valence-electron chi connectivity index (χ3n) is 4.62. The Hall–Kier alpha value is -1.73. The molecule has 0 bridgehead atoms. The maximum Gasteiger partial charge on any atom is 0.224 e. The molecule has 2 aromatic heterocycles. The van der Waals surface area contributed by atoms with Crippen molar-refractivity contribution >= 4 is 17.2 Å². The summed E-state index contributed by atoms with van der Waals surface area (Å²) in [6.07, 6.45) is 3.52. The summed E-state index contributed by atoms with van der Waals surface area (Å²) in [4.78, 5) is 21.2. The minimum Gasteiger partial charge on any atom is -0.342 e. The zero-order valence-corrected chi connectivity index (χ0v) is 14.1. The second kappa shape index (κ2) is 6.05. The second-order valence-corrected chi connectivity index (χ2v) is 7.45. The van der Waals surface area contributed by atoms with Gasteiger partial charge in [0.05, 0.1) is 28.9 Å². The molecule has 0 unspecified atom stereocenters. The molecule has 2 aromatic rings. The lowest BCUT2D eigenvalue weighted by molar-refractivity contribution is -0.135. The van der Waals surface area contributed by atoms with Crippen molar-refractivity contribution in [3.05, 3.63) is 34.0 Å². The predicted molar refractivity (Wildman–Crippen MR) is 88.0 cm³/mol. The van der Waals surface area contributed by atoms with E-state index in [0.717, 1.165) is 49.8 Å². The van der Waals surface area contributed by atoms with E-state index in [1.807, 2.05) is 22.7 Å². The lowest BCUT2D eigenvalue weighted by Gasteiger charge is -2.36. The van der Waals surface area contributed by atoms with Crippen molar-refractivity contribution in [2.45, 2.75) is 38.9 Å². The number of thiazole rings is 1. The fraction of sp³-hybridized carbons (Fsp3) is 0.562. The van der Waals surface area contributed by atoms with Crippen LogP contribution in [0.25, 0.3) is 0 Å². The summed E-state index contributed by atoms with van der Waals surface area (Å²) in [6, 6.07) is 2.18. The molecule has 1 atom stereocenters. The smallest absolute Gasteiger partial charge is 0.224 e. The monoisotopic (exact) mass is 331 g/mol. The molecule has 0 spiro atoms. The second-order valence-electron chi connectivity index (χ2n) is 6.39. The standard InChI is InChI=1S/C16H21N5OS/c1-12-18-13(11-23-12)8-19-9-14-3-4-17-21(14)15(10-19)7-16(22)20-5-2-6-20/h3-4,11,15H,2,5-10H2,1H3/t15-/m1/s1. The van der Waals surface area contributed by atoms with Crippen LogP contribution < -0.4 is 0 Å². The number of hydrogen-bond donors (Lipinski definition) is 0. The van der Waals surface area contributed by atoms with Gasteiger partial charge in [-0.05, 0) is 19.4 Å². The lowest BCUT2D eigenvalue weighted by atomic mass is 10.1. The maximum absolute atomic E-state index is 12.3. The predicted octanol–water partition coefficient (Wildman–Crippen LogP) is 1.83. The van der Waals surface area contributed by atoms with Gasteiger partial charge in [-0.1, -0.05) is 0 Å². The van der Waals surface area contributed by atoms with Crippen LogP contribution in [0.3, 0.4) is 0 Å². The van der Waals surface area contributed by atoms with Crippen molar-refractivity contribution in [3.63, 3.8) is 0 Å². The molecule has 4 rings (SSSR count). The minimum absolute atomic E-state index is 0.126. The molecule has 6 nitrogen and oxygen atoms in total. The number of nitrogens with zero attached hydrogens (tertiary/aromatic N) is 5. The Bertz CT molecular complexity index is 705. The highest BCUT2D eigenvalue weighted by atomic mass is 32.1. The van der Waals surface area contributed by atoms with Gasteiger partial charge in [-0.15, -0.1) is 11.3 Å². The van der Waals surface area contributed by atoms with Gasteiger partial charge in [-0.3, -0.25) is 14.4 Å². The van der Waals surface area contributed by atoms with Crippen LogP contribution in [0.1, 0.15) is 35.3 Å². The highest BCUT2D eigenvalue weighted by molar-refractivity contribution is 7.09. The molecule has 23 heavy (non-hydrogen) atoms. The molecule has 0 radical (unpaired) electrons. The molecule has 2 aliphatic rings. The van der Waals surface area contributed by atoms with Crippen LogP contribution in [0.4, 0.5) is 0 Å². The summed E-state index contributed by atoms with van der Waals surface area (Å²) in [5.74, 6) is 0.258. The third-order valence-corrected chi connectivity index (χ3v) is 5.45. The molecule has 2 aliphatic heterocycles. The van der Waals surface area contributed by atoms with Crippen LogP contribution in [-0.2, 0) is 17.9 Å². The fourth-order valence-electron chi connectivity index (χ4n) is 3.34. The zero-order valence-electron chi connectivity index (χ0n) is 13.3. The van der Waals surface area contributed by atoms with Crippen LogP contribution in [0.2, 0.25) is 0 Å². The first kappa shape index (κ1) is 14.8. The van der Waals surface area contributed by atoms with E-state index in [-0.39, 0.29) is 11.9 Å². The van der Waals surface area contributed by atoms with Crippen molar-refractivity contribution in [1.82, 2.24) is 24.6 Å². The van der Waals surface area contributed by atoms with E-state index in [9.17, 15) is 4.79 Å². The first-order chi connectivity index (χ1) is 11.2. The van der Waals surface area contributed by atoms with Gasteiger partial charge in [0.2, 0.25) is 5.91 Å². The summed E-state index contributed by atoms with van der Waals surface area (Å²) in [6.45, 7) is 6.42. The normalized spacial score (nSPS) is 21.1. The van der Waals surface area contributed by atoms with E-state index in [1.165, 1.54) is 5.69 Å². The van der Waals surface area contributed by atoms with Gasteiger partial charge in [-0.2, -0.15) is 5.10 Å². The highest BCUT2D eigenvalue weighted by Crippen LogP contribution is 2.26. The molecule has 0 N–H and O–H groups in total. The molecule has 4 heterocycles. The Labute approximate surface area is 139 Å². The molecular formula is C16H21N5OS. The number of hydrogen-bond acceptors (Lipinski definition) is 5. The summed E-state index contributed by atoms with van der Waals surface area (Å²) in [5, 5.41) is 7.68. The number of likely N-dealkylation sites (tertiary alicyclic amines) is 1. The number of carbonyl (C=O) groups excluding carboxylic acids is 1. The Kier molecular flexibility index (Phi) is 3.90. The SMILES string of the molecule is Cc1nc(CN2Cc3ccnn3[C@H](CC(=O)N3CCC3)C2)cs1. The molecular weight excluding hydrogens is 310 g/mol. The molecule has 1 saturated heterocycles. The van der Waals surface area contributed by atoms with Gasteiger partial charge in [0, 0.05) is 44.3 Å². The van der Waals surface area contributed by atoms with Crippen LogP contribution in [0.5, 0.6) is 0 Å². The summed E-state index contributed by atoms with van der Waals surface area (Å²) in [7, 11) is 0. The highest BCUT2D eigenvalue weighted by Gasteiger charge is 2.30. The first-order valence-electron chi connectivity index (χ1n) is 8.12. The topological polar surface area (TPSA) is 54.3 Å². The van der Waals surface area contributed by atoms with Gasteiger partial charge >= 0.3 is 0 Å². The molecule has 1 fully saturated rings. The zero-order chi connectivity index (χ0) is 15.8. The Morgan fingerprint density at radius 1 is 1.43 bits per heavy atom. The molecule has 0 saturated carbocycles. The van der Waals surface area contributed by atoms with Gasteiger partial charge in [0.1, 0.15) is 0 Å². The van der Waals surface area contributed by atoms with Crippen LogP contribution >= 0.6 is 11.3 Å². The van der Waals surface area contributed by atoms with Crippen molar-refractivity contribution in [3.8, 4) is 0 Å². The van der Waals surface area contributed by atoms with E-state index in [4.69, 9.17) is 0 Å². The summed E-state index contributed by atoms with van der Waals surface area (Å²) < 4.78 is 2.04. The van der Waals surface area contributed by atoms with Crippen LogP contribution in [0.15, 0.2) is 17.6 Å². The Morgan fingerprint density at radius 2 is 2.30 bits per heavy atom. The average molecular weight is 331 g/mol. The largest absolute Gasteiger partial charge is 0.342 e. The average Bonchev–Trinajstić information content (AvgIpc) is 3.06. The van der Waals surface area contributed by atoms with Crippen molar-refractivity contribution < 1.29 is 4.79 Å². The van der Waals surface area contributed by atoms with Gasteiger partial charge in [-0.25, -0.2) is 4.98 Å². The van der Waals surface area contributed by atoms with Gasteiger partial charge < -0.3 is 4.90 Å². The van der Waals surface area contributed by atoms with Crippen LogP contribution in [-0.4, -0.2) is 50.1 Å². The molecule has 7 heteroatoms. The van der Waals surface area contributed by atoms with E-state index in [2.05, 4.69) is 26.4 Å². The summed E-state index contributed by atoms with van der Waals surface area (Å²) in [5.41, 5.74) is 2.30. The van der Waals surface area contributed by atoms with E-state index in [0.29, 0.717) is 6.42 Å². The summed E-state index contributed by atoms with van der Waals surface area (Å²) >= 11 is 1.69. The Morgan fingerprint density at radius 3 is 3.00 bits per heavy atom. The number of carbonyl (C=O) groups is 1. The Balaban J connectivity index is 1.48. The fourth-order valence-corrected chi connectivity index (χ4v) is 3.95. The van der Waals surface area contributed by atoms with Crippen LogP contribution in [0, 0.1) is 6.92 Å². The van der Waals surface area contributed by atoms with Crippen molar-refractivity contribution in [2.24, 2.45) is 0 Å². The van der Waals surface area contributed by atoms with E-state index >= 15 is 0 Å². The molecule has 0 aromatic carbocycles. The lowest BCUT2D eigenvalue weighted by Crippen LogP contribution is -2.45. The van der Waals surface area contributed by atoms with E-state index in [1.54, 1.807) is 11.3 Å². The van der Waals surface area contributed by atoms with Crippen molar-refractivity contribution in [1.29, 1.82) is 0 Å². The quantitative estimate of drug-likeness (QED) is 0.858. The van der Waals surface area contributed by atoms with E-state index < -0.39 is 0 Å². The first-order valence-corrected chi connectivity index (χ1v) is 9.00. The number of aryl methyl sites for hydroxylation is 1. The maximum atomic E-state index is 12.3. The van der Waals surface area contributed by atoms with Gasteiger partial charge in [0.15, 0.2) is 0 Å². The van der Waals surface area contributed by atoms with Crippen molar-refractivity contribution in [2.75, 3.05) is 19.6 Å². The third kappa shape index (κ3) is 3.03. The van der Waals surface area contributed by atoms with Gasteiger partial charge in [0.25, 0.3) is 0 Å². The number of aromatic nitrogens is 3. The minimum atomic E-state index is 0.126. The molecule has 1 amide bonds. The number of amides is 1. The number of rotatable bonds is 4.